The Bertz CT molecular complexity index is 256. The van der Waals surface area contributed by atoms with Crippen LogP contribution in [-0.4, -0.2) is 22.6 Å². The number of aryl methyl sites for hydroxylation is 1. The second kappa shape index (κ2) is 6.14. The second-order valence-corrected chi connectivity index (χ2v) is 4.71. The number of rotatable bonds is 6. The number of thioether (sulfide) groups is 1. The van der Waals surface area contributed by atoms with E-state index in [2.05, 4.69) is 48.3 Å². The van der Waals surface area contributed by atoms with E-state index in [0.29, 0.717) is 6.04 Å². The summed E-state index contributed by atoms with van der Waals surface area (Å²) in [6, 6.07) is 4.87. The molecule has 1 aromatic rings. The molecule has 1 rings (SSSR count). The van der Waals surface area contributed by atoms with Crippen molar-refractivity contribution in [1.29, 1.82) is 0 Å². The number of hydrogen-bond donors (Lipinski definition) is 1. The minimum Gasteiger partial charge on any atom is -0.349 e. The molecule has 0 fully saturated rings. The SMILES string of the molecule is CSCCn1cccc1CNC(C)C. The van der Waals surface area contributed by atoms with Gasteiger partial charge in [0, 0.05) is 36.8 Å². The quantitative estimate of drug-likeness (QED) is 0.779. The summed E-state index contributed by atoms with van der Waals surface area (Å²) in [6.45, 7) is 6.44. The van der Waals surface area contributed by atoms with E-state index in [1.54, 1.807) is 0 Å². The third-order valence-corrected chi connectivity index (χ3v) is 2.74. The summed E-state index contributed by atoms with van der Waals surface area (Å²) >= 11 is 1.89. The third-order valence-electron chi connectivity index (χ3n) is 2.15. The highest BCUT2D eigenvalue weighted by Crippen LogP contribution is 2.04. The van der Waals surface area contributed by atoms with E-state index in [0.717, 1.165) is 13.1 Å². The average Bonchev–Trinajstić information content (AvgIpc) is 2.58. The lowest BCUT2D eigenvalue weighted by Gasteiger charge is -2.11. The molecule has 0 aliphatic heterocycles. The molecule has 1 aromatic heterocycles. The van der Waals surface area contributed by atoms with E-state index in [1.807, 2.05) is 11.8 Å². The highest BCUT2D eigenvalue weighted by atomic mass is 32.2. The van der Waals surface area contributed by atoms with Gasteiger partial charge in [0.25, 0.3) is 0 Å². The predicted molar refractivity (Wildman–Crippen MR) is 64.8 cm³/mol. The van der Waals surface area contributed by atoms with Gasteiger partial charge in [0.05, 0.1) is 0 Å². The van der Waals surface area contributed by atoms with Crippen molar-refractivity contribution in [2.75, 3.05) is 12.0 Å². The molecule has 14 heavy (non-hydrogen) atoms. The molecule has 3 heteroatoms. The molecule has 0 amide bonds. The molecule has 0 saturated carbocycles. The van der Waals surface area contributed by atoms with Crippen molar-refractivity contribution in [2.24, 2.45) is 0 Å². The van der Waals surface area contributed by atoms with Gasteiger partial charge in [0.15, 0.2) is 0 Å². The first kappa shape index (κ1) is 11.7. The Labute approximate surface area is 91.1 Å². The summed E-state index contributed by atoms with van der Waals surface area (Å²) < 4.78 is 2.33. The van der Waals surface area contributed by atoms with Gasteiger partial charge < -0.3 is 9.88 Å². The minimum absolute atomic E-state index is 0.555. The number of hydrogen-bond acceptors (Lipinski definition) is 2. The van der Waals surface area contributed by atoms with Gasteiger partial charge in [0.1, 0.15) is 0 Å². The maximum Gasteiger partial charge on any atom is 0.0361 e. The lowest BCUT2D eigenvalue weighted by molar-refractivity contribution is 0.562. The van der Waals surface area contributed by atoms with Crippen LogP contribution in [0.25, 0.3) is 0 Å². The van der Waals surface area contributed by atoms with Crippen molar-refractivity contribution in [3.05, 3.63) is 24.0 Å². The Morgan fingerprint density at radius 1 is 1.50 bits per heavy atom. The maximum absolute atomic E-state index is 3.44. The molecular formula is C11H20N2S. The average molecular weight is 212 g/mol. The van der Waals surface area contributed by atoms with Crippen molar-refractivity contribution in [3.8, 4) is 0 Å². The van der Waals surface area contributed by atoms with Crippen molar-refractivity contribution in [1.82, 2.24) is 9.88 Å². The van der Waals surface area contributed by atoms with Crippen LogP contribution in [0, 0.1) is 0 Å². The van der Waals surface area contributed by atoms with Gasteiger partial charge in [-0.1, -0.05) is 13.8 Å². The number of nitrogens with one attached hydrogen (secondary N) is 1. The minimum atomic E-state index is 0.555. The Morgan fingerprint density at radius 2 is 2.29 bits per heavy atom. The molecule has 0 unspecified atom stereocenters. The van der Waals surface area contributed by atoms with E-state index in [9.17, 15) is 0 Å². The maximum atomic E-state index is 3.44. The van der Waals surface area contributed by atoms with E-state index < -0.39 is 0 Å². The summed E-state index contributed by atoms with van der Waals surface area (Å²) in [7, 11) is 0. The Kier molecular flexibility index (Phi) is 5.12. The van der Waals surface area contributed by atoms with Crippen LogP contribution in [0.1, 0.15) is 19.5 Å². The summed E-state index contributed by atoms with van der Waals surface area (Å²) in [5.41, 5.74) is 1.38. The topological polar surface area (TPSA) is 17.0 Å². The van der Waals surface area contributed by atoms with Crippen LogP contribution in [0.3, 0.4) is 0 Å². The fraction of sp³-hybridized carbons (Fsp3) is 0.636. The molecule has 0 saturated heterocycles. The van der Waals surface area contributed by atoms with E-state index in [-0.39, 0.29) is 0 Å². The van der Waals surface area contributed by atoms with Crippen molar-refractivity contribution in [2.45, 2.75) is 33.0 Å². The van der Waals surface area contributed by atoms with Gasteiger partial charge in [-0.05, 0) is 18.4 Å². The highest BCUT2D eigenvalue weighted by molar-refractivity contribution is 7.98. The van der Waals surface area contributed by atoms with E-state index in [1.165, 1.54) is 11.4 Å². The van der Waals surface area contributed by atoms with Crippen LogP contribution < -0.4 is 5.32 Å². The zero-order valence-electron chi connectivity index (χ0n) is 9.29. The smallest absolute Gasteiger partial charge is 0.0361 e. The van der Waals surface area contributed by atoms with Gasteiger partial charge >= 0.3 is 0 Å². The molecule has 1 N–H and O–H groups in total. The lowest BCUT2D eigenvalue weighted by atomic mass is 10.3. The molecular weight excluding hydrogens is 192 g/mol. The molecule has 0 bridgehead atoms. The van der Waals surface area contributed by atoms with Crippen LogP contribution in [0.4, 0.5) is 0 Å². The first-order valence-electron chi connectivity index (χ1n) is 5.10. The molecule has 1 heterocycles. The van der Waals surface area contributed by atoms with Crippen molar-refractivity contribution >= 4 is 11.8 Å². The highest BCUT2D eigenvalue weighted by Gasteiger charge is 2.00. The van der Waals surface area contributed by atoms with Crippen molar-refractivity contribution in [3.63, 3.8) is 0 Å². The molecule has 0 atom stereocenters. The van der Waals surface area contributed by atoms with Gasteiger partial charge in [-0.3, -0.25) is 0 Å². The first-order chi connectivity index (χ1) is 6.74. The Balaban J connectivity index is 2.45. The van der Waals surface area contributed by atoms with Crippen LogP contribution in [-0.2, 0) is 13.1 Å². The first-order valence-corrected chi connectivity index (χ1v) is 6.49. The number of aromatic nitrogens is 1. The van der Waals surface area contributed by atoms with E-state index >= 15 is 0 Å². The predicted octanol–water partition coefficient (Wildman–Crippen LogP) is 2.35. The normalized spacial score (nSPS) is 11.1. The summed E-state index contributed by atoms with van der Waals surface area (Å²) in [4.78, 5) is 0. The van der Waals surface area contributed by atoms with Crippen LogP contribution in [0.15, 0.2) is 18.3 Å². The zero-order valence-corrected chi connectivity index (χ0v) is 10.1. The molecule has 2 nitrogen and oxygen atoms in total. The summed E-state index contributed by atoms with van der Waals surface area (Å²) in [5.74, 6) is 1.18. The molecule has 0 spiro atoms. The molecule has 0 radical (unpaired) electrons. The van der Waals surface area contributed by atoms with Crippen molar-refractivity contribution < 1.29 is 0 Å². The van der Waals surface area contributed by atoms with Crippen LogP contribution >= 0.6 is 11.8 Å². The lowest BCUT2D eigenvalue weighted by Crippen LogP contribution is -2.23. The summed E-state index contributed by atoms with van der Waals surface area (Å²) in [6.07, 6.45) is 4.31. The van der Waals surface area contributed by atoms with Gasteiger partial charge in [0.2, 0.25) is 0 Å². The molecule has 0 aromatic carbocycles. The fourth-order valence-electron chi connectivity index (χ4n) is 1.33. The molecule has 80 valence electrons. The number of nitrogens with zero attached hydrogens (tertiary/aromatic N) is 1. The van der Waals surface area contributed by atoms with Crippen LogP contribution in [0.2, 0.25) is 0 Å². The zero-order chi connectivity index (χ0) is 10.4. The van der Waals surface area contributed by atoms with Gasteiger partial charge in [-0.2, -0.15) is 11.8 Å². The largest absolute Gasteiger partial charge is 0.349 e. The summed E-state index contributed by atoms with van der Waals surface area (Å²) in [5, 5.41) is 3.44. The molecule has 0 aliphatic rings. The monoisotopic (exact) mass is 212 g/mol. The second-order valence-electron chi connectivity index (χ2n) is 3.72. The van der Waals surface area contributed by atoms with Gasteiger partial charge in [-0.25, -0.2) is 0 Å². The Morgan fingerprint density at radius 3 is 2.93 bits per heavy atom. The fourth-order valence-corrected chi connectivity index (χ4v) is 1.71. The Hall–Kier alpha value is -0.410. The van der Waals surface area contributed by atoms with E-state index in [4.69, 9.17) is 0 Å². The molecule has 0 aliphatic carbocycles. The standard InChI is InChI=1S/C11H20N2S/c1-10(2)12-9-11-5-4-6-13(11)7-8-14-3/h4-6,10,12H,7-9H2,1-3H3. The van der Waals surface area contributed by atoms with Gasteiger partial charge in [-0.15, -0.1) is 0 Å². The third kappa shape index (κ3) is 3.76. The van der Waals surface area contributed by atoms with Crippen LogP contribution in [0.5, 0.6) is 0 Å².